The van der Waals surface area contributed by atoms with Crippen LogP contribution in [0, 0.1) is 0 Å². The van der Waals surface area contributed by atoms with Crippen LogP contribution in [0.15, 0.2) is 67.3 Å². The van der Waals surface area contributed by atoms with Crippen molar-refractivity contribution in [3.63, 3.8) is 0 Å². The SMILES string of the molecule is C[n+]1ccn(-c2ccc(-c3ccc(C(F)(F)F)cc3)cc2)c1. The Morgan fingerprint density at radius 1 is 0.864 bits per heavy atom. The van der Waals surface area contributed by atoms with Crippen LogP contribution in [0.4, 0.5) is 13.2 Å². The van der Waals surface area contributed by atoms with Crippen LogP contribution in [-0.4, -0.2) is 4.57 Å². The van der Waals surface area contributed by atoms with Gasteiger partial charge in [-0.2, -0.15) is 13.2 Å². The minimum absolute atomic E-state index is 0.632. The molecule has 2 nitrogen and oxygen atoms in total. The van der Waals surface area contributed by atoms with Crippen molar-refractivity contribution in [3.8, 4) is 16.8 Å². The normalized spacial score (nSPS) is 11.6. The number of rotatable bonds is 2. The van der Waals surface area contributed by atoms with Crippen molar-refractivity contribution >= 4 is 0 Å². The highest BCUT2D eigenvalue weighted by atomic mass is 19.4. The molecule has 0 bridgehead atoms. The first-order valence-corrected chi connectivity index (χ1v) is 6.75. The zero-order chi connectivity index (χ0) is 15.7. The number of imidazole rings is 1. The summed E-state index contributed by atoms with van der Waals surface area (Å²) in [5.41, 5.74) is 2.01. The molecule has 0 aliphatic heterocycles. The maximum absolute atomic E-state index is 12.6. The van der Waals surface area contributed by atoms with Gasteiger partial charge < -0.3 is 0 Å². The first kappa shape index (κ1) is 14.4. The van der Waals surface area contributed by atoms with E-state index in [1.165, 1.54) is 12.1 Å². The van der Waals surface area contributed by atoms with Crippen molar-refractivity contribution in [2.24, 2.45) is 7.05 Å². The average Bonchev–Trinajstić information content (AvgIpc) is 2.93. The molecule has 0 saturated carbocycles. The van der Waals surface area contributed by atoms with Gasteiger partial charge in [-0.25, -0.2) is 9.13 Å². The molecule has 3 rings (SSSR count). The van der Waals surface area contributed by atoms with E-state index in [-0.39, 0.29) is 0 Å². The summed E-state index contributed by atoms with van der Waals surface area (Å²) in [7, 11) is 1.94. The van der Waals surface area contributed by atoms with Gasteiger partial charge in [-0.3, -0.25) is 0 Å². The van der Waals surface area contributed by atoms with Gasteiger partial charge >= 0.3 is 6.18 Å². The molecular weight excluding hydrogens is 289 g/mol. The van der Waals surface area contributed by atoms with E-state index in [2.05, 4.69) is 0 Å². The fourth-order valence-corrected chi connectivity index (χ4v) is 2.28. The molecule has 0 spiro atoms. The van der Waals surface area contributed by atoms with Gasteiger partial charge in [0.2, 0.25) is 6.33 Å². The molecule has 0 atom stereocenters. The zero-order valence-corrected chi connectivity index (χ0v) is 11.9. The Morgan fingerprint density at radius 2 is 1.41 bits per heavy atom. The number of hydrogen-bond acceptors (Lipinski definition) is 0. The molecule has 0 aliphatic carbocycles. The fraction of sp³-hybridized carbons (Fsp3) is 0.118. The molecule has 0 amide bonds. The molecule has 0 radical (unpaired) electrons. The maximum Gasteiger partial charge on any atom is 0.416 e. The van der Waals surface area contributed by atoms with E-state index in [0.29, 0.717) is 0 Å². The molecular formula is C17H14F3N2+. The molecule has 0 aliphatic rings. The minimum Gasteiger partial charge on any atom is -0.239 e. The number of nitrogens with zero attached hydrogens (tertiary/aromatic N) is 2. The van der Waals surface area contributed by atoms with E-state index in [4.69, 9.17) is 0 Å². The summed E-state index contributed by atoms with van der Waals surface area (Å²) >= 11 is 0. The van der Waals surface area contributed by atoms with Crippen molar-refractivity contribution in [2.75, 3.05) is 0 Å². The van der Waals surface area contributed by atoms with E-state index < -0.39 is 11.7 Å². The Kier molecular flexibility index (Phi) is 3.48. The van der Waals surface area contributed by atoms with Crippen molar-refractivity contribution in [1.29, 1.82) is 0 Å². The van der Waals surface area contributed by atoms with Gasteiger partial charge in [0.1, 0.15) is 18.1 Å². The highest BCUT2D eigenvalue weighted by molar-refractivity contribution is 5.65. The predicted octanol–water partition coefficient (Wildman–Crippen LogP) is 3.99. The average molecular weight is 303 g/mol. The number of hydrogen-bond donors (Lipinski definition) is 0. The van der Waals surface area contributed by atoms with E-state index in [1.807, 2.05) is 59.2 Å². The van der Waals surface area contributed by atoms with Crippen LogP contribution in [0.3, 0.4) is 0 Å². The van der Waals surface area contributed by atoms with Gasteiger partial charge in [-0.1, -0.05) is 24.3 Å². The third-order valence-electron chi connectivity index (χ3n) is 3.48. The molecule has 0 N–H and O–H groups in total. The van der Waals surface area contributed by atoms with Gasteiger partial charge in [0.05, 0.1) is 12.6 Å². The molecule has 3 aromatic rings. The van der Waals surface area contributed by atoms with E-state index >= 15 is 0 Å². The molecule has 22 heavy (non-hydrogen) atoms. The third-order valence-corrected chi connectivity index (χ3v) is 3.48. The maximum atomic E-state index is 12.6. The lowest BCUT2D eigenvalue weighted by Crippen LogP contribution is -2.23. The monoisotopic (exact) mass is 303 g/mol. The zero-order valence-electron chi connectivity index (χ0n) is 11.9. The fourth-order valence-electron chi connectivity index (χ4n) is 2.28. The molecule has 5 heteroatoms. The van der Waals surface area contributed by atoms with Crippen molar-refractivity contribution in [1.82, 2.24) is 4.57 Å². The molecule has 0 fully saturated rings. The quantitative estimate of drug-likeness (QED) is 0.633. The summed E-state index contributed by atoms with van der Waals surface area (Å²) in [6.07, 6.45) is 1.51. The standard InChI is InChI=1S/C17H14F3N2/c1-21-10-11-22(12-21)16-8-4-14(5-9-16)13-2-6-15(7-3-13)17(18,19)20/h2-12H,1H3/q+1. The Morgan fingerprint density at radius 3 is 1.86 bits per heavy atom. The summed E-state index contributed by atoms with van der Waals surface area (Å²) < 4.78 is 41.6. The molecule has 1 aromatic heterocycles. The molecule has 0 unspecified atom stereocenters. The Labute approximate surface area is 126 Å². The summed E-state index contributed by atoms with van der Waals surface area (Å²) in [6.45, 7) is 0. The largest absolute Gasteiger partial charge is 0.416 e. The lowest BCUT2D eigenvalue weighted by Gasteiger charge is -2.08. The van der Waals surface area contributed by atoms with Gasteiger partial charge in [0.15, 0.2) is 0 Å². The smallest absolute Gasteiger partial charge is 0.239 e. The minimum atomic E-state index is -4.30. The van der Waals surface area contributed by atoms with Crippen LogP contribution in [0.1, 0.15) is 5.56 Å². The first-order valence-electron chi connectivity index (χ1n) is 6.75. The van der Waals surface area contributed by atoms with Crippen LogP contribution < -0.4 is 4.57 Å². The predicted molar refractivity (Wildman–Crippen MR) is 77.4 cm³/mol. The van der Waals surface area contributed by atoms with Gasteiger partial charge in [0.25, 0.3) is 0 Å². The van der Waals surface area contributed by atoms with E-state index in [1.54, 1.807) is 0 Å². The summed E-state index contributed by atoms with van der Waals surface area (Å²) in [4.78, 5) is 0. The topological polar surface area (TPSA) is 8.81 Å². The molecule has 2 aromatic carbocycles. The summed E-state index contributed by atoms with van der Waals surface area (Å²) in [5, 5.41) is 0. The van der Waals surface area contributed by atoms with Crippen molar-refractivity contribution in [2.45, 2.75) is 6.18 Å². The van der Waals surface area contributed by atoms with Gasteiger partial charge in [-0.15, -0.1) is 0 Å². The summed E-state index contributed by atoms with van der Waals surface area (Å²) in [6, 6.07) is 12.9. The number of benzene rings is 2. The molecule has 1 heterocycles. The highest BCUT2D eigenvalue weighted by Crippen LogP contribution is 2.31. The second kappa shape index (κ2) is 5.33. The highest BCUT2D eigenvalue weighted by Gasteiger charge is 2.29. The van der Waals surface area contributed by atoms with Crippen molar-refractivity contribution in [3.05, 3.63) is 72.8 Å². The van der Waals surface area contributed by atoms with Crippen LogP contribution in [0.5, 0.6) is 0 Å². The number of aryl methyl sites for hydroxylation is 1. The van der Waals surface area contributed by atoms with Gasteiger partial charge in [-0.05, 0) is 35.4 Å². The summed E-state index contributed by atoms with van der Waals surface area (Å²) in [5.74, 6) is 0. The molecule has 0 saturated heterocycles. The Bertz CT molecular complexity index is 769. The number of alkyl halides is 3. The van der Waals surface area contributed by atoms with E-state index in [9.17, 15) is 13.2 Å². The Balaban J connectivity index is 1.87. The van der Waals surface area contributed by atoms with Crippen LogP contribution in [0.25, 0.3) is 16.8 Å². The third kappa shape index (κ3) is 2.88. The number of halogens is 3. The van der Waals surface area contributed by atoms with Crippen LogP contribution >= 0.6 is 0 Å². The lowest BCUT2D eigenvalue weighted by molar-refractivity contribution is -0.670. The molecule has 112 valence electrons. The Hall–Kier alpha value is -2.56. The lowest BCUT2D eigenvalue weighted by atomic mass is 10.0. The first-order chi connectivity index (χ1) is 10.4. The van der Waals surface area contributed by atoms with Crippen molar-refractivity contribution < 1.29 is 17.7 Å². The number of aromatic nitrogens is 2. The van der Waals surface area contributed by atoms with Gasteiger partial charge in [0, 0.05) is 0 Å². The second-order valence-electron chi connectivity index (χ2n) is 5.11. The van der Waals surface area contributed by atoms with Crippen LogP contribution in [0.2, 0.25) is 0 Å². The van der Waals surface area contributed by atoms with Crippen LogP contribution in [-0.2, 0) is 13.2 Å². The second-order valence-corrected chi connectivity index (χ2v) is 5.11. The van der Waals surface area contributed by atoms with E-state index in [0.717, 1.165) is 28.9 Å².